The number of ether oxygens (including phenoxy) is 2. The van der Waals surface area contributed by atoms with Crippen molar-refractivity contribution < 1.29 is 14.3 Å². The molecule has 2 rings (SSSR count). The third-order valence-corrected chi connectivity index (χ3v) is 4.86. The van der Waals surface area contributed by atoms with Gasteiger partial charge in [-0.2, -0.15) is 0 Å². The first-order chi connectivity index (χ1) is 13.7. The Kier molecular flexibility index (Phi) is 10.3. The van der Waals surface area contributed by atoms with Crippen molar-refractivity contribution in [3.63, 3.8) is 0 Å². The number of carbonyl (C=O) groups excluding carboxylic acids is 1. The Balaban J connectivity index is 1.99. The Morgan fingerprint density at radius 3 is 1.96 bits per heavy atom. The van der Waals surface area contributed by atoms with Gasteiger partial charge in [0.05, 0.1) is 19.3 Å². The number of carbonyl (C=O) groups is 1. The molecule has 0 fully saturated rings. The highest BCUT2D eigenvalue weighted by atomic mass is 16.5. The SMILES string of the molecule is CC[C@@H](C=C[C@H](OCc1ccccc1)[C@H](C)OCc1ccccc1)CCC=O. The second-order valence-corrected chi connectivity index (χ2v) is 7.06. The minimum atomic E-state index is -0.144. The van der Waals surface area contributed by atoms with Crippen LogP contribution in [-0.4, -0.2) is 18.5 Å². The van der Waals surface area contributed by atoms with Gasteiger partial charge in [0.2, 0.25) is 0 Å². The van der Waals surface area contributed by atoms with Gasteiger partial charge in [0.1, 0.15) is 12.4 Å². The highest BCUT2D eigenvalue weighted by Crippen LogP contribution is 2.17. The topological polar surface area (TPSA) is 35.5 Å². The van der Waals surface area contributed by atoms with Crippen molar-refractivity contribution in [2.75, 3.05) is 0 Å². The molecule has 0 unspecified atom stereocenters. The molecule has 0 saturated carbocycles. The van der Waals surface area contributed by atoms with Crippen molar-refractivity contribution in [1.29, 1.82) is 0 Å². The number of benzene rings is 2. The summed E-state index contributed by atoms with van der Waals surface area (Å²) in [6.45, 7) is 5.30. The summed E-state index contributed by atoms with van der Waals surface area (Å²) in [5, 5.41) is 0. The van der Waals surface area contributed by atoms with E-state index in [1.54, 1.807) is 0 Å². The molecule has 0 bridgehead atoms. The number of aldehydes is 1. The van der Waals surface area contributed by atoms with Gasteiger partial charge < -0.3 is 14.3 Å². The van der Waals surface area contributed by atoms with E-state index in [1.165, 1.54) is 0 Å². The highest BCUT2D eigenvalue weighted by molar-refractivity contribution is 5.49. The summed E-state index contributed by atoms with van der Waals surface area (Å²) in [6.07, 6.45) is 7.54. The van der Waals surface area contributed by atoms with Gasteiger partial charge in [-0.25, -0.2) is 0 Å². The molecule has 0 aromatic heterocycles. The van der Waals surface area contributed by atoms with Crippen molar-refractivity contribution in [2.45, 2.75) is 58.5 Å². The molecule has 28 heavy (non-hydrogen) atoms. The number of allylic oxidation sites excluding steroid dienone is 1. The Labute approximate surface area is 169 Å². The molecule has 0 saturated heterocycles. The average Bonchev–Trinajstić information content (AvgIpc) is 2.75. The first kappa shape index (κ1) is 22.1. The van der Waals surface area contributed by atoms with E-state index in [1.807, 2.05) is 36.4 Å². The molecule has 2 aromatic carbocycles. The van der Waals surface area contributed by atoms with E-state index in [9.17, 15) is 4.79 Å². The summed E-state index contributed by atoms with van der Waals surface area (Å²) in [7, 11) is 0. The zero-order chi connectivity index (χ0) is 20.0. The van der Waals surface area contributed by atoms with Crippen LogP contribution in [0.1, 0.15) is 44.2 Å². The Bertz CT molecular complexity index is 681. The minimum absolute atomic E-state index is 0.0799. The third-order valence-electron chi connectivity index (χ3n) is 4.86. The second-order valence-electron chi connectivity index (χ2n) is 7.06. The standard InChI is InChI=1S/C25H32O3/c1-3-22(15-10-18-26)16-17-25(28-20-24-13-8-5-9-14-24)21(2)27-19-23-11-6-4-7-12-23/h4-9,11-14,16-18,21-22,25H,3,10,15,19-20H2,1-2H3/t21-,22+,25-/m0/s1. The fourth-order valence-electron chi connectivity index (χ4n) is 3.00. The van der Waals surface area contributed by atoms with Gasteiger partial charge in [-0.3, -0.25) is 0 Å². The molecule has 0 heterocycles. The van der Waals surface area contributed by atoms with Crippen LogP contribution < -0.4 is 0 Å². The Morgan fingerprint density at radius 1 is 0.857 bits per heavy atom. The van der Waals surface area contributed by atoms with Crippen LogP contribution in [0.3, 0.4) is 0 Å². The van der Waals surface area contributed by atoms with E-state index in [4.69, 9.17) is 9.47 Å². The second kappa shape index (κ2) is 13.0. The molecular weight excluding hydrogens is 348 g/mol. The van der Waals surface area contributed by atoms with Crippen molar-refractivity contribution in [1.82, 2.24) is 0 Å². The minimum Gasteiger partial charge on any atom is -0.371 e. The van der Waals surface area contributed by atoms with Crippen LogP contribution >= 0.6 is 0 Å². The van der Waals surface area contributed by atoms with Crippen LogP contribution in [-0.2, 0) is 27.5 Å². The fourth-order valence-corrected chi connectivity index (χ4v) is 3.00. The summed E-state index contributed by atoms with van der Waals surface area (Å²) in [5.41, 5.74) is 2.29. The molecule has 0 aliphatic heterocycles. The lowest BCUT2D eigenvalue weighted by Crippen LogP contribution is -2.27. The lowest BCUT2D eigenvalue weighted by molar-refractivity contribution is -0.108. The van der Waals surface area contributed by atoms with Crippen LogP contribution in [0.5, 0.6) is 0 Å². The van der Waals surface area contributed by atoms with Crippen molar-refractivity contribution in [3.8, 4) is 0 Å². The smallest absolute Gasteiger partial charge is 0.120 e. The van der Waals surface area contributed by atoms with Crippen molar-refractivity contribution in [3.05, 3.63) is 83.9 Å². The molecular formula is C25H32O3. The van der Waals surface area contributed by atoms with Crippen LogP contribution in [0.4, 0.5) is 0 Å². The molecule has 0 radical (unpaired) electrons. The van der Waals surface area contributed by atoms with Crippen molar-refractivity contribution >= 4 is 6.29 Å². The Morgan fingerprint density at radius 2 is 1.43 bits per heavy atom. The fraction of sp³-hybridized carbons (Fsp3) is 0.400. The monoisotopic (exact) mass is 380 g/mol. The summed E-state index contributed by atoms with van der Waals surface area (Å²) in [4.78, 5) is 10.7. The lowest BCUT2D eigenvalue weighted by Gasteiger charge is -2.23. The van der Waals surface area contributed by atoms with Gasteiger partial charge in [-0.1, -0.05) is 79.7 Å². The maximum Gasteiger partial charge on any atom is 0.120 e. The maximum absolute atomic E-state index is 10.7. The van der Waals surface area contributed by atoms with Gasteiger partial charge in [-0.15, -0.1) is 0 Å². The molecule has 0 amide bonds. The van der Waals surface area contributed by atoms with Crippen LogP contribution in [0, 0.1) is 5.92 Å². The largest absolute Gasteiger partial charge is 0.371 e. The summed E-state index contributed by atoms with van der Waals surface area (Å²) in [6, 6.07) is 20.3. The van der Waals surface area contributed by atoms with E-state index in [-0.39, 0.29) is 12.2 Å². The molecule has 3 heteroatoms. The molecule has 150 valence electrons. The quantitative estimate of drug-likeness (QED) is 0.328. The summed E-state index contributed by atoms with van der Waals surface area (Å²) in [5.74, 6) is 0.384. The van der Waals surface area contributed by atoms with Crippen LogP contribution in [0.15, 0.2) is 72.8 Å². The first-order valence-electron chi connectivity index (χ1n) is 10.2. The molecule has 2 aromatic rings. The van der Waals surface area contributed by atoms with Crippen LogP contribution in [0.25, 0.3) is 0 Å². The van der Waals surface area contributed by atoms with Gasteiger partial charge in [0.25, 0.3) is 0 Å². The maximum atomic E-state index is 10.7. The lowest BCUT2D eigenvalue weighted by atomic mass is 9.99. The zero-order valence-electron chi connectivity index (χ0n) is 17.0. The number of hydrogen-bond acceptors (Lipinski definition) is 3. The predicted octanol–water partition coefficient (Wildman–Crippen LogP) is 5.74. The zero-order valence-corrected chi connectivity index (χ0v) is 17.0. The van der Waals surface area contributed by atoms with Gasteiger partial charge >= 0.3 is 0 Å². The van der Waals surface area contributed by atoms with Crippen LogP contribution in [0.2, 0.25) is 0 Å². The van der Waals surface area contributed by atoms with E-state index in [0.717, 1.165) is 30.3 Å². The van der Waals surface area contributed by atoms with Gasteiger partial charge in [0, 0.05) is 6.42 Å². The van der Waals surface area contributed by atoms with E-state index in [0.29, 0.717) is 25.6 Å². The highest BCUT2D eigenvalue weighted by Gasteiger charge is 2.17. The summed E-state index contributed by atoms with van der Waals surface area (Å²) >= 11 is 0. The summed E-state index contributed by atoms with van der Waals surface area (Å²) < 4.78 is 12.3. The number of rotatable bonds is 13. The predicted molar refractivity (Wildman–Crippen MR) is 114 cm³/mol. The third kappa shape index (κ3) is 8.20. The molecule has 0 aliphatic rings. The number of hydrogen-bond donors (Lipinski definition) is 0. The molecule has 0 spiro atoms. The van der Waals surface area contributed by atoms with Gasteiger partial charge in [0.15, 0.2) is 0 Å². The van der Waals surface area contributed by atoms with Crippen molar-refractivity contribution in [2.24, 2.45) is 5.92 Å². The average molecular weight is 381 g/mol. The van der Waals surface area contributed by atoms with Gasteiger partial charge in [-0.05, 0) is 36.8 Å². The normalized spacial score (nSPS) is 14.6. The first-order valence-corrected chi connectivity index (χ1v) is 10.2. The van der Waals surface area contributed by atoms with E-state index >= 15 is 0 Å². The Hall–Kier alpha value is -2.23. The van der Waals surface area contributed by atoms with E-state index < -0.39 is 0 Å². The molecule has 3 atom stereocenters. The molecule has 0 aliphatic carbocycles. The molecule has 0 N–H and O–H groups in total. The molecule has 3 nitrogen and oxygen atoms in total. The van der Waals surface area contributed by atoms with E-state index in [2.05, 4.69) is 50.3 Å².